The smallest absolute Gasteiger partial charge is 0.350 e. The lowest BCUT2D eigenvalue weighted by molar-refractivity contribution is -0.333. The van der Waals surface area contributed by atoms with Gasteiger partial charge in [-0.3, -0.25) is 0 Å². The molecule has 0 bridgehead atoms. The van der Waals surface area contributed by atoms with Crippen molar-refractivity contribution >= 4 is 0 Å². The van der Waals surface area contributed by atoms with E-state index < -0.39 is 36.1 Å². The van der Waals surface area contributed by atoms with Gasteiger partial charge < -0.3 is 14.2 Å². The van der Waals surface area contributed by atoms with Crippen molar-refractivity contribution in [2.45, 2.75) is 89.6 Å². The van der Waals surface area contributed by atoms with Crippen LogP contribution in [0.4, 0.5) is 17.6 Å². The van der Waals surface area contributed by atoms with E-state index in [0.717, 1.165) is 44.2 Å². The summed E-state index contributed by atoms with van der Waals surface area (Å²) in [7, 11) is 0. The second kappa shape index (κ2) is 12.7. The van der Waals surface area contributed by atoms with Crippen LogP contribution in [-0.4, -0.2) is 31.7 Å². The number of hydrogen-bond acceptors (Lipinski definition) is 3. The topological polar surface area (TPSA) is 27.7 Å². The molecule has 0 N–H and O–H groups in total. The number of hydrogen-bond donors (Lipinski definition) is 0. The van der Waals surface area contributed by atoms with Gasteiger partial charge in [-0.15, -0.1) is 0 Å². The summed E-state index contributed by atoms with van der Waals surface area (Å²) in [5.41, 5.74) is 2.19. The maximum atomic E-state index is 14.9. The molecule has 1 heterocycles. The van der Waals surface area contributed by atoms with E-state index in [0.29, 0.717) is 43.1 Å². The van der Waals surface area contributed by atoms with E-state index in [1.807, 2.05) is 12.2 Å². The molecule has 0 spiro atoms. The second-order valence-corrected chi connectivity index (χ2v) is 10.4. The molecule has 3 nitrogen and oxygen atoms in total. The first-order valence-corrected chi connectivity index (χ1v) is 13.4. The Balaban J connectivity index is 1.14. The van der Waals surface area contributed by atoms with E-state index in [2.05, 4.69) is 13.0 Å². The number of rotatable bonds is 9. The average molecular weight is 511 g/mol. The first-order chi connectivity index (χ1) is 17.3. The highest BCUT2D eigenvalue weighted by atomic mass is 19.3. The Hall–Kier alpha value is -1.70. The summed E-state index contributed by atoms with van der Waals surface area (Å²) < 4.78 is 72.4. The van der Waals surface area contributed by atoms with Crippen molar-refractivity contribution < 1.29 is 31.8 Å². The fourth-order valence-electron chi connectivity index (χ4n) is 5.73. The third-order valence-electron chi connectivity index (χ3n) is 8.01. The molecule has 0 amide bonds. The Bertz CT molecular complexity index is 900. The monoisotopic (exact) mass is 510 g/mol. The van der Waals surface area contributed by atoms with E-state index in [4.69, 9.17) is 14.2 Å². The highest BCUT2D eigenvalue weighted by Crippen LogP contribution is 2.45. The van der Waals surface area contributed by atoms with Gasteiger partial charge >= 0.3 is 6.11 Å². The summed E-state index contributed by atoms with van der Waals surface area (Å²) in [5, 5.41) is 0. The van der Waals surface area contributed by atoms with E-state index in [1.165, 1.54) is 18.1 Å². The predicted octanol–water partition coefficient (Wildman–Crippen LogP) is 7.75. The lowest BCUT2D eigenvalue weighted by Crippen LogP contribution is -2.44. The van der Waals surface area contributed by atoms with E-state index in [-0.39, 0.29) is 13.2 Å². The molecule has 1 unspecified atom stereocenters. The largest absolute Gasteiger partial charge is 0.358 e. The molecule has 3 aliphatic rings. The molecule has 0 aromatic heterocycles. The summed E-state index contributed by atoms with van der Waals surface area (Å²) in [4.78, 5) is 0. The first-order valence-electron chi connectivity index (χ1n) is 13.4. The van der Waals surface area contributed by atoms with Gasteiger partial charge in [0, 0.05) is 6.42 Å². The van der Waals surface area contributed by atoms with Gasteiger partial charge in [-0.1, -0.05) is 36.8 Å². The van der Waals surface area contributed by atoms with E-state index >= 15 is 0 Å². The summed E-state index contributed by atoms with van der Waals surface area (Å²) in [5.74, 6) is -1.31. The van der Waals surface area contributed by atoms with Gasteiger partial charge in [-0.25, -0.2) is 8.78 Å². The zero-order valence-electron chi connectivity index (χ0n) is 21.1. The Morgan fingerprint density at radius 3 is 2.36 bits per heavy atom. The van der Waals surface area contributed by atoms with Gasteiger partial charge in [0.05, 0.1) is 19.1 Å². The number of alkyl halides is 2. The number of benzene rings is 1. The fourth-order valence-corrected chi connectivity index (χ4v) is 5.73. The molecular formula is C29H38F4O3. The van der Waals surface area contributed by atoms with Crippen LogP contribution in [0, 0.1) is 29.4 Å². The van der Waals surface area contributed by atoms with Crippen LogP contribution in [0.15, 0.2) is 42.0 Å². The molecule has 1 aromatic carbocycles. The first kappa shape index (κ1) is 27.3. The van der Waals surface area contributed by atoms with Crippen LogP contribution >= 0.6 is 0 Å². The summed E-state index contributed by atoms with van der Waals surface area (Å²) in [6.07, 6.45) is 9.66. The Morgan fingerprint density at radius 2 is 1.72 bits per heavy atom. The lowest BCUT2D eigenvalue weighted by Gasteiger charge is -2.39. The molecule has 200 valence electrons. The standard InChI is InChI=1S/C29H38F4O3/c1-2-20-7-10-22(11-8-20)23-12-14-24(15-13-23)29(32,33)36-25-18-34-28(35-19-25)6-4-3-5-21-9-16-26(30)27(31)17-21/h3-4,7,9,16-17,22-25,28H,2,5-6,8,10-15,18-19H2,1H3/b4-3-. The van der Waals surface area contributed by atoms with Gasteiger partial charge in [-0.2, -0.15) is 8.78 Å². The quantitative estimate of drug-likeness (QED) is 0.251. The van der Waals surface area contributed by atoms with Crippen molar-refractivity contribution in [1.29, 1.82) is 0 Å². The summed E-state index contributed by atoms with van der Waals surface area (Å²) >= 11 is 0. The summed E-state index contributed by atoms with van der Waals surface area (Å²) in [6.45, 7) is 2.31. The van der Waals surface area contributed by atoms with Crippen molar-refractivity contribution in [3.63, 3.8) is 0 Å². The maximum Gasteiger partial charge on any atom is 0.358 e. The van der Waals surface area contributed by atoms with Crippen LogP contribution in [0.5, 0.6) is 0 Å². The molecule has 2 fully saturated rings. The minimum absolute atomic E-state index is 0.0563. The molecule has 1 aromatic rings. The number of halogens is 4. The van der Waals surface area contributed by atoms with Gasteiger partial charge in [0.15, 0.2) is 17.9 Å². The molecule has 2 aliphatic carbocycles. The molecule has 1 aliphatic heterocycles. The van der Waals surface area contributed by atoms with Crippen LogP contribution < -0.4 is 0 Å². The Morgan fingerprint density at radius 1 is 0.972 bits per heavy atom. The molecule has 7 heteroatoms. The Labute approximate surface area is 211 Å². The SMILES string of the molecule is CCC1=CCC(C2CCC(C(F)(F)OC3COC(C/C=C\Cc4ccc(F)c(F)c4)OC3)CC2)CC1. The molecule has 4 rings (SSSR count). The molecule has 1 atom stereocenters. The highest BCUT2D eigenvalue weighted by Gasteiger charge is 2.46. The van der Waals surface area contributed by atoms with Crippen LogP contribution in [-0.2, 0) is 20.6 Å². The van der Waals surface area contributed by atoms with Gasteiger partial charge in [0.2, 0.25) is 0 Å². The van der Waals surface area contributed by atoms with Crippen LogP contribution in [0.1, 0.15) is 70.3 Å². The molecule has 36 heavy (non-hydrogen) atoms. The second-order valence-electron chi connectivity index (χ2n) is 10.4. The predicted molar refractivity (Wildman–Crippen MR) is 130 cm³/mol. The van der Waals surface area contributed by atoms with Crippen molar-refractivity contribution in [2.24, 2.45) is 17.8 Å². The zero-order valence-corrected chi connectivity index (χ0v) is 21.1. The normalized spacial score (nSPS) is 29.9. The summed E-state index contributed by atoms with van der Waals surface area (Å²) in [6, 6.07) is 3.79. The van der Waals surface area contributed by atoms with Crippen molar-refractivity contribution in [3.05, 3.63) is 59.2 Å². The Kier molecular flexibility index (Phi) is 9.65. The highest BCUT2D eigenvalue weighted by molar-refractivity contribution is 5.20. The molecular weight excluding hydrogens is 472 g/mol. The zero-order chi connectivity index (χ0) is 25.5. The number of ether oxygens (including phenoxy) is 3. The minimum atomic E-state index is -3.18. The third-order valence-corrected chi connectivity index (χ3v) is 8.01. The van der Waals surface area contributed by atoms with E-state index in [9.17, 15) is 17.6 Å². The van der Waals surface area contributed by atoms with Gasteiger partial charge in [-0.05, 0) is 87.3 Å². The molecule has 0 radical (unpaired) electrons. The van der Waals surface area contributed by atoms with Crippen molar-refractivity contribution in [2.75, 3.05) is 13.2 Å². The van der Waals surface area contributed by atoms with Crippen LogP contribution in [0.2, 0.25) is 0 Å². The average Bonchev–Trinajstić information content (AvgIpc) is 2.89. The third kappa shape index (κ3) is 7.42. The van der Waals surface area contributed by atoms with Gasteiger partial charge in [0.1, 0.15) is 6.10 Å². The molecule has 1 saturated carbocycles. The lowest BCUT2D eigenvalue weighted by atomic mass is 9.71. The molecule has 1 saturated heterocycles. The fraction of sp³-hybridized carbons (Fsp3) is 0.655. The van der Waals surface area contributed by atoms with Crippen molar-refractivity contribution in [1.82, 2.24) is 0 Å². The van der Waals surface area contributed by atoms with Crippen LogP contribution in [0.25, 0.3) is 0 Å². The minimum Gasteiger partial charge on any atom is -0.350 e. The maximum absolute atomic E-state index is 14.9. The van der Waals surface area contributed by atoms with Crippen LogP contribution in [0.3, 0.4) is 0 Å². The van der Waals surface area contributed by atoms with Crippen molar-refractivity contribution in [3.8, 4) is 0 Å². The van der Waals surface area contributed by atoms with Gasteiger partial charge in [0.25, 0.3) is 0 Å². The van der Waals surface area contributed by atoms with E-state index in [1.54, 1.807) is 0 Å². The number of allylic oxidation sites excluding steroid dienone is 3.